The molecule has 0 bridgehead atoms. The Morgan fingerprint density at radius 3 is 2.71 bits per heavy atom. The number of methoxy groups -OCH3 is 1. The number of para-hydroxylation sites is 1. The van der Waals surface area contributed by atoms with Crippen LogP contribution in [0.4, 0.5) is 17.6 Å². The SMILES string of the molecule is COc1ccc(Br)c(C(=O)OCc2nc(N)nc(Nc3ccccc3C)n2)c1. The summed E-state index contributed by atoms with van der Waals surface area (Å²) in [5, 5.41) is 3.09. The molecule has 0 amide bonds. The van der Waals surface area contributed by atoms with Gasteiger partial charge in [0.2, 0.25) is 11.9 Å². The summed E-state index contributed by atoms with van der Waals surface area (Å²) in [6.07, 6.45) is 0. The summed E-state index contributed by atoms with van der Waals surface area (Å²) in [6.45, 7) is 1.80. The van der Waals surface area contributed by atoms with Crippen LogP contribution >= 0.6 is 15.9 Å². The quantitative estimate of drug-likeness (QED) is 0.555. The number of aromatic nitrogens is 3. The molecule has 28 heavy (non-hydrogen) atoms. The van der Waals surface area contributed by atoms with Crippen molar-refractivity contribution in [2.24, 2.45) is 0 Å². The zero-order chi connectivity index (χ0) is 20.1. The normalized spacial score (nSPS) is 10.4. The fraction of sp³-hybridized carbons (Fsp3) is 0.158. The summed E-state index contributed by atoms with van der Waals surface area (Å²) in [4.78, 5) is 24.7. The van der Waals surface area contributed by atoms with Crippen molar-refractivity contribution < 1.29 is 14.3 Å². The number of aryl methyl sites for hydroxylation is 1. The van der Waals surface area contributed by atoms with Crippen LogP contribution in [0.3, 0.4) is 0 Å². The Bertz CT molecular complexity index is 1010. The number of benzene rings is 2. The lowest BCUT2D eigenvalue weighted by molar-refractivity contribution is 0.0460. The summed E-state index contributed by atoms with van der Waals surface area (Å²) in [6, 6.07) is 12.7. The van der Waals surface area contributed by atoms with Crippen molar-refractivity contribution in [3.8, 4) is 5.75 Å². The Labute approximate surface area is 170 Å². The minimum Gasteiger partial charge on any atom is -0.497 e. The Hall–Kier alpha value is -3.20. The number of esters is 1. The molecule has 1 aromatic heterocycles. The van der Waals surface area contributed by atoms with Crippen molar-refractivity contribution in [3.05, 3.63) is 63.9 Å². The van der Waals surface area contributed by atoms with Crippen molar-refractivity contribution in [2.75, 3.05) is 18.2 Å². The van der Waals surface area contributed by atoms with E-state index < -0.39 is 5.97 Å². The van der Waals surface area contributed by atoms with E-state index in [-0.39, 0.29) is 24.3 Å². The standard InChI is InChI=1S/C19H18BrN5O3/c1-11-5-3-4-6-15(11)22-19-24-16(23-18(21)25-19)10-28-17(26)13-9-12(27-2)7-8-14(13)20/h3-9H,10H2,1-2H3,(H3,21,22,23,24,25). The second-order valence-electron chi connectivity index (χ2n) is 5.80. The van der Waals surface area contributed by atoms with Crippen LogP contribution in [-0.4, -0.2) is 28.0 Å². The third-order valence-corrected chi connectivity index (χ3v) is 4.51. The first-order valence-corrected chi connectivity index (χ1v) is 9.09. The van der Waals surface area contributed by atoms with Gasteiger partial charge in [-0.05, 0) is 52.7 Å². The minimum atomic E-state index is -0.543. The maximum Gasteiger partial charge on any atom is 0.339 e. The van der Waals surface area contributed by atoms with E-state index in [0.717, 1.165) is 11.3 Å². The Kier molecular flexibility index (Phi) is 6.05. The highest BCUT2D eigenvalue weighted by molar-refractivity contribution is 9.10. The minimum absolute atomic E-state index is 0.0275. The third-order valence-electron chi connectivity index (χ3n) is 3.82. The van der Waals surface area contributed by atoms with Gasteiger partial charge in [0.25, 0.3) is 0 Å². The Morgan fingerprint density at radius 1 is 1.18 bits per heavy atom. The number of nitrogen functional groups attached to an aromatic ring is 1. The van der Waals surface area contributed by atoms with Gasteiger partial charge in [0.1, 0.15) is 5.75 Å². The van der Waals surface area contributed by atoms with Crippen LogP contribution in [0.5, 0.6) is 5.75 Å². The summed E-state index contributed by atoms with van der Waals surface area (Å²) >= 11 is 3.33. The van der Waals surface area contributed by atoms with Crippen molar-refractivity contribution in [1.82, 2.24) is 15.0 Å². The summed E-state index contributed by atoms with van der Waals surface area (Å²) in [5.74, 6) is 0.536. The van der Waals surface area contributed by atoms with Crippen LogP contribution in [0.15, 0.2) is 46.9 Å². The largest absolute Gasteiger partial charge is 0.497 e. The van der Waals surface area contributed by atoms with Gasteiger partial charge in [-0.3, -0.25) is 0 Å². The summed E-state index contributed by atoms with van der Waals surface area (Å²) in [5.41, 5.74) is 7.97. The van der Waals surface area contributed by atoms with Crippen molar-refractivity contribution in [3.63, 3.8) is 0 Å². The molecular weight excluding hydrogens is 426 g/mol. The van der Waals surface area contributed by atoms with Crippen LogP contribution in [-0.2, 0) is 11.3 Å². The molecule has 3 N–H and O–H groups in total. The van der Waals surface area contributed by atoms with Crippen molar-refractivity contribution >= 4 is 39.5 Å². The molecule has 3 rings (SSSR count). The van der Waals surface area contributed by atoms with Crippen LogP contribution in [0.2, 0.25) is 0 Å². The number of hydrogen-bond acceptors (Lipinski definition) is 8. The van der Waals surface area contributed by atoms with Crippen molar-refractivity contribution in [2.45, 2.75) is 13.5 Å². The van der Waals surface area contributed by atoms with Gasteiger partial charge in [0.15, 0.2) is 12.4 Å². The monoisotopic (exact) mass is 443 g/mol. The van der Waals surface area contributed by atoms with Crippen LogP contribution in [0.25, 0.3) is 0 Å². The number of hydrogen-bond donors (Lipinski definition) is 2. The number of anilines is 3. The molecule has 2 aromatic carbocycles. The van der Waals surface area contributed by atoms with Gasteiger partial charge >= 0.3 is 5.97 Å². The molecule has 0 aliphatic rings. The maximum absolute atomic E-state index is 12.4. The topological polar surface area (TPSA) is 112 Å². The van der Waals surface area contributed by atoms with E-state index in [1.807, 2.05) is 31.2 Å². The second-order valence-corrected chi connectivity index (χ2v) is 6.65. The summed E-state index contributed by atoms with van der Waals surface area (Å²) < 4.78 is 11.0. The number of halogens is 1. The fourth-order valence-electron chi connectivity index (χ4n) is 2.39. The highest BCUT2D eigenvalue weighted by atomic mass is 79.9. The first-order chi connectivity index (χ1) is 13.5. The molecule has 0 atom stereocenters. The molecule has 0 unspecified atom stereocenters. The third kappa shape index (κ3) is 4.74. The van der Waals surface area contributed by atoms with E-state index in [2.05, 4.69) is 36.2 Å². The smallest absolute Gasteiger partial charge is 0.339 e. The molecule has 0 saturated heterocycles. The van der Waals surface area contributed by atoms with E-state index in [0.29, 0.717) is 15.8 Å². The molecule has 3 aromatic rings. The van der Waals surface area contributed by atoms with Gasteiger partial charge in [0.05, 0.1) is 12.7 Å². The van der Waals surface area contributed by atoms with Gasteiger partial charge in [0, 0.05) is 10.2 Å². The number of nitrogens with one attached hydrogen (secondary N) is 1. The van der Waals surface area contributed by atoms with Crippen molar-refractivity contribution in [1.29, 1.82) is 0 Å². The molecule has 0 aliphatic carbocycles. The molecule has 0 aliphatic heterocycles. The van der Waals surface area contributed by atoms with Gasteiger partial charge < -0.3 is 20.5 Å². The van der Waals surface area contributed by atoms with E-state index in [9.17, 15) is 4.79 Å². The lowest BCUT2D eigenvalue weighted by Gasteiger charge is -2.10. The number of nitrogens with two attached hydrogens (primary N) is 1. The molecule has 0 radical (unpaired) electrons. The predicted molar refractivity (Wildman–Crippen MR) is 109 cm³/mol. The molecule has 0 saturated carbocycles. The number of nitrogens with zero attached hydrogens (tertiary/aromatic N) is 3. The number of carbonyl (C=O) groups is 1. The fourth-order valence-corrected chi connectivity index (χ4v) is 2.80. The number of ether oxygens (including phenoxy) is 2. The number of rotatable bonds is 6. The highest BCUT2D eigenvalue weighted by Gasteiger charge is 2.15. The highest BCUT2D eigenvalue weighted by Crippen LogP contribution is 2.23. The van der Waals surface area contributed by atoms with E-state index in [1.54, 1.807) is 18.2 Å². The lowest BCUT2D eigenvalue weighted by Crippen LogP contribution is -2.12. The van der Waals surface area contributed by atoms with Gasteiger partial charge in [-0.1, -0.05) is 18.2 Å². The Balaban J connectivity index is 1.73. The molecule has 144 valence electrons. The van der Waals surface area contributed by atoms with Crippen LogP contribution in [0, 0.1) is 6.92 Å². The predicted octanol–water partition coefficient (Wildman–Crippen LogP) is 3.63. The van der Waals surface area contributed by atoms with E-state index in [4.69, 9.17) is 15.2 Å². The Morgan fingerprint density at radius 2 is 1.96 bits per heavy atom. The second kappa shape index (κ2) is 8.66. The molecular formula is C19H18BrN5O3. The summed E-state index contributed by atoms with van der Waals surface area (Å²) in [7, 11) is 1.52. The average Bonchev–Trinajstić information content (AvgIpc) is 2.68. The average molecular weight is 444 g/mol. The van der Waals surface area contributed by atoms with Gasteiger partial charge in [-0.15, -0.1) is 0 Å². The molecule has 9 heteroatoms. The zero-order valence-electron chi connectivity index (χ0n) is 15.3. The number of carbonyl (C=O) groups excluding carboxylic acids is 1. The molecule has 8 nitrogen and oxygen atoms in total. The van der Waals surface area contributed by atoms with Crippen LogP contribution < -0.4 is 15.8 Å². The van der Waals surface area contributed by atoms with Crippen LogP contribution in [0.1, 0.15) is 21.7 Å². The van der Waals surface area contributed by atoms with E-state index >= 15 is 0 Å². The molecule has 0 spiro atoms. The van der Waals surface area contributed by atoms with E-state index in [1.165, 1.54) is 7.11 Å². The first-order valence-electron chi connectivity index (χ1n) is 8.30. The lowest BCUT2D eigenvalue weighted by atomic mass is 10.2. The van der Waals surface area contributed by atoms with Gasteiger partial charge in [-0.2, -0.15) is 15.0 Å². The first kappa shape index (κ1) is 19.6. The molecule has 1 heterocycles. The van der Waals surface area contributed by atoms with Gasteiger partial charge in [-0.25, -0.2) is 4.79 Å². The maximum atomic E-state index is 12.4. The zero-order valence-corrected chi connectivity index (χ0v) is 16.9. The molecule has 0 fully saturated rings.